The second kappa shape index (κ2) is 12.0. The van der Waals surface area contributed by atoms with Crippen LogP contribution in [-0.4, -0.2) is 147 Å². The minimum absolute atomic E-state index is 0.0302. The fraction of sp³-hybridized carbons (Fsp3) is 0.947. The van der Waals surface area contributed by atoms with E-state index in [4.69, 9.17) is 41.3 Å². The number of ether oxygens (including phenoxy) is 4. The van der Waals surface area contributed by atoms with Crippen LogP contribution in [0.3, 0.4) is 0 Å². The van der Waals surface area contributed by atoms with Gasteiger partial charge in [0.05, 0.1) is 25.3 Å². The van der Waals surface area contributed by atoms with E-state index in [1.54, 1.807) is 0 Å². The Morgan fingerprint density at radius 3 is 2.06 bits per heavy atom. The number of aliphatic hydroxyl groups excluding tert-OH is 6. The molecule has 204 valence electrons. The molecule has 14 N–H and O–H groups in total. The fourth-order valence-electron chi connectivity index (χ4n) is 4.54. The van der Waals surface area contributed by atoms with Gasteiger partial charge in [-0.05, 0) is 6.42 Å². The second-order valence-electron chi connectivity index (χ2n) is 9.02. The number of hydrogen-bond donors (Lipinski definition) is 11. The molecular weight excluding hydrogens is 476 g/mol. The molecule has 0 amide bonds. The molecule has 2 aliphatic heterocycles. The maximum absolute atomic E-state index is 11.2. The minimum atomic E-state index is -1.59. The molecule has 0 aromatic heterocycles. The molecule has 3 aliphatic rings. The van der Waals surface area contributed by atoms with Crippen LogP contribution in [0.5, 0.6) is 0 Å². The summed E-state index contributed by atoms with van der Waals surface area (Å²) in [4.78, 5) is 11.2. The number of hydrogen-bond acceptors (Lipinski definition) is 15. The van der Waals surface area contributed by atoms with Gasteiger partial charge in [-0.15, -0.1) is 0 Å². The summed E-state index contributed by atoms with van der Waals surface area (Å²) in [5.41, 5.74) is 17.6. The van der Waals surface area contributed by atoms with E-state index in [0.717, 1.165) is 0 Å². The molecule has 0 unspecified atom stereocenters. The lowest BCUT2D eigenvalue weighted by Gasteiger charge is -2.48. The quantitative estimate of drug-likeness (QED) is 0.137. The lowest BCUT2D eigenvalue weighted by molar-refractivity contribution is -0.307. The Morgan fingerprint density at radius 2 is 1.49 bits per heavy atom. The molecule has 0 aromatic carbocycles. The van der Waals surface area contributed by atoms with E-state index in [9.17, 15) is 35.4 Å². The maximum Gasteiger partial charge on any atom is 0.317 e. The van der Waals surface area contributed by atoms with Crippen LogP contribution < -0.4 is 22.5 Å². The van der Waals surface area contributed by atoms with Gasteiger partial charge in [-0.1, -0.05) is 0 Å². The van der Waals surface area contributed by atoms with Gasteiger partial charge < -0.3 is 77.2 Å². The zero-order valence-corrected chi connectivity index (χ0v) is 18.8. The van der Waals surface area contributed by atoms with Gasteiger partial charge in [-0.3, -0.25) is 4.79 Å². The topological polar surface area (TPSA) is 286 Å². The van der Waals surface area contributed by atoms with Gasteiger partial charge in [-0.2, -0.15) is 0 Å². The summed E-state index contributed by atoms with van der Waals surface area (Å²) in [6.45, 7) is -1.29. The molecule has 3 rings (SSSR count). The number of nitrogens with one attached hydrogen (secondary N) is 1. The van der Waals surface area contributed by atoms with Crippen molar-refractivity contribution >= 4 is 5.97 Å². The molecule has 1 aliphatic carbocycles. The van der Waals surface area contributed by atoms with Crippen molar-refractivity contribution in [1.29, 1.82) is 0 Å². The first-order valence-corrected chi connectivity index (χ1v) is 11.3. The van der Waals surface area contributed by atoms with Gasteiger partial charge >= 0.3 is 5.97 Å². The first-order chi connectivity index (χ1) is 16.5. The average molecular weight is 513 g/mol. The Balaban J connectivity index is 1.86. The number of aliphatic hydroxyl groups is 6. The Bertz CT molecular complexity index is 707. The average Bonchev–Trinajstić information content (AvgIpc) is 3.10. The summed E-state index contributed by atoms with van der Waals surface area (Å²) in [5.74, 6) is -1.18. The zero-order chi connectivity index (χ0) is 26.0. The van der Waals surface area contributed by atoms with Crippen LogP contribution in [0.1, 0.15) is 6.42 Å². The van der Waals surface area contributed by atoms with E-state index in [1.165, 1.54) is 0 Å². The van der Waals surface area contributed by atoms with Crippen molar-refractivity contribution in [2.45, 2.75) is 92.1 Å². The molecule has 35 heavy (non-hydrogen) atoms. The number of aliphatic carboxylic acids is 1. The van der Waals surface area contributed by atoms with Crippen LogP contribution in [0, 0.1) is 0 Å². The maximum atomic E-state index is 11.2. The van der Waals surface area contributed by atoms with Gasteiger partial charge in [0.15, 0.2) is 12.6 Å². The van der Waals surface area contributed by atoms with Crippen molar-refractivity contribution < 1.29 is 59.5 Å². The number of carbonyl (C=O) groups is 1. The summed E-state index contributed by atoms with van der Waals surface area (Å²) < 4.78 is 22.7. The van der Waals surface area contributed by atoms with E-state index >= 15 is 0 Å². The summed E-state index contributed by atoms with van der Waals surface area (Å²) in [6, 6.07) is -3.02. The van der Waals surface area contributed by atoms with Crippen LogP contribution in [0.2, 0.25) is 0 Å². The predicted molar refractivity (Wildman–Crippen MR) is 113 cm³/mol. The van der Waals surface area contributed by atoms with E-state index in [1.807, 2.05) is 0 Å². The summed E-state index contributed by atoms with van der Waals surface area (Å²) in [5, 5.41) is 72.8. The third kappa shape index (κ3) is 6.08. The Morgan fingerprint density at radius 1 is 0.886 bits per heavy atom. The molecule has 16 nitrogen and oxygen atoms in total. The molecule has 0 bridgehead atoms. The molecular formula is C19H36N4O12. The summed E-state index contributed by atoms with van der Waals surface area (Å²) in [6.07, 6.45) is -14.9. The highest BCUT2D eigenvalue weighted by atomic mass is 16.7. The van der Waals surface area contributed by atoms with E-state index < -0.39 is 105 Å². The van der Waals surface area contributed by atoms with E-state index in [-0.39, 0.29) is 13.0 Å². The first-order valence-electron chi connectivity index (χ1n) is 11.3. The number of carboxylic acids is 1. The van der Waals surface area contributed by atoms with E-state index in [2.05, 4.69) is 5.32 Å². The predicted octanol–water partition coefficient (Wildman–Crippen LogP) is -6.94. The van der Waals surface area contributed by atoms with Gasteiger partial charge in [0.25, 0.3) is 0 Å². The minimum Gasteiger partial charge on any atom is -0.480 e. The standard InChI is InChI=1S/C19H36N4O12/c20-2-7-12(28)14(30)10(22)18(32-7)34-16-6(23-3-9(25)26)1-5(21)11(27)17(16)35-19-15(31)13(29)8(4-24)33-19/h5-8,10-19,23-24,27-31H,1-4,20-22H2,(H,25,26)/t5-,6+,7-,8-,10-,11+,12-,13-,14-,15-,16-,17-,18-,19-/m1/s1. The van der Waals surface area contributed by atoms with E-state index in [0.29, 0.717) is 0 Å². The highest BCUT2D eigenvalue weighted by molar-refractivity contribution is 5.69. The number of carboxylic acid groups (broad SMARTS) is 1. The van der Waals surface area contributed by atoms with Crippen molar-refractivity contribution in [1.82, 2.24) is 5.32 Å². The van der Waals surface area contributed by atoms with Crippen molar-refractivity contribution in [2.24, 2.45) is 17.2 Å². The lowest BCUT2D eigenvalue weighted by atomic mass is 9.83. The van der Waals surface area contributed by atoms with Gasteiger partial charge in [0.2, 0.25) is 0 Å². The van der Waals surface area contributed by atoms with Gasteiger partial charge in [0, 0.05) is 18.6 Å². The molecule has 2 heterocycles. The van der Waals surface area contributed by atoms with Crippen molar-refractivity contribution in [3.63, 3.8) is 0 Å². The monoisotopic (exact) mass is 512 g/mol. The molecule has 3 fully saturated rings. The van der Waals surface area contributed by atoms with Crippen LogP contribution in [0.4, 0.5) is 0 Å². The number of nitrogens with two attached hydrogens (primary N) is 3. The molecule has 16 heteroatoms. The molecule has 2 saturated heterocycles. The zero-order valence-electron chi connectivity index (χ0n) is 18.8. The van der Waals surface area contributed by atoms with Gasteiger partial charge in [-0.25, -0.2) is 0 Å². The third-order valence-electron chi connectivity index (χ3n) is 6.60. The van der Waals surface area contributed by atoms with Crippen LogP contribution in [0.15, 0.2) is 0 Å². The summed E-state index contributed by atoms with van der Waals surface area (Å²) in [7, 11) is 0. The molecule has 0 radical (unpaired) electrons. The largest absolute Gasteiger partial charge is 0.480 e. The van der Waals surface area contributed by atoms with Crippen molar-refractivity contribution in [2.75, 3.05) is 19.7 Å². The first kappa shape index (κ1) is 28.5. The molecule has 14 atom stereocenters. The van der Waals surface area contributed by atoms with Gasteiger partial charge in [0.1, 0.15) is 48.8 Å². The molecule has 0 spiro atoms. The van der Waals surface area contributed by atoms with Crippen molar-refractivity contribution in [3.05, 3.63) is 0 Å². The van der Waals surface area contributed by atoms with Crippen LogP contribution >= 0.6 is 0 Å². The number of rotatable bonds is 9. The van der Waals surface area contributed by atoms with Crippen LogP contribution in [0.25, 0.3) is 0 Å². The third-order valence-corrected chi connectivity index (χ3v) is 6.60. The normalized spacial score (nSPS) is 48.7. The Kier molecular flexibility index (Phi) is 9.74. The van der Waals surface area contributed by atoms with Crippen molar-refractivity contribution in [3.8, 4) is 0 Å². The fourth-order valence-corrected chi connectivity index (χ4v) is 4.54. The SMILES string of the molecule is NC[C@H]1O[C@H](O[C@H]2[C@H](O[C@H]3O[C@H](CO)[C@@H](O)[C@H]3O)[C@@H](O)[C@H](N)C[C@@H]2NCC(=O)O)[C@H](N)[C@@H](O)[C@@H]1O. The lowest BCUT2D eigenvalue weighted by Crippen LogP contribution is -2.68. The Hall–Kier alpha value is -1.09. The molecule has 1 saturated carbocycles. The molecule has 0 aromatic rings. The highest BCUT2D eigenvalue weighted by Crippen LogP contribution is 2.32. The second-order valence-corrected chi connectivity index (χ2v) is 9.02. The smallest absolute Gasteiger partial charge is 0.317 e. The van der Waals surface area contributed by atoms with Crippen LogP contribution in [-0.2, 0) is 23.7 Å². The summed E-state index contributed by atoms with van der Waals surface area (Å²) >= 11 is 0. The highest BCUT2D eigenvalue weighted by Gasteiger charge is 2.52. The Labute approximate surface area is 200 Å².